The number of rotatable bonds is 3. The summed E-state index contributed by atoms with van der Waals surface area (Å²) >= 11 is 0. The summed E-state index contributed by atoms with van der Waals surface area (Å²) in [5.74, 6) is 4.47. The minimum absolute atomic E-state index is 0.214. The average molecular weight is 289 g/mol. The minimum atomic E-state index is 0.214. The van der Waals surface area contributed by atoms with Gasteiger partial charge in [-0.3, -0.25) is 5.10 Å². The molecule has 1 aliphatic heterocycles. The average Bonchev–Trinajstić information content (AvgIpc) is 3.23. The molecule has 116 valence electrons. The Bertz CT molecular complexity index is 513. The van der Waals surface area contributed by atoms with Crippen molar-refractivity contribution in [3.8, 4) is 0 Å². The topological polar surface area (TPSA) is 70.8 Å². The van der Waals surface area contributed by atoms with E-state index < -0.39 is 0 Å². The van der Waals surface area contributed by atoms with E-state index in [0.29, 0.717) is 5.92 Å². The van der Waals surface area contributed by atoms with Crippen LogP contribution in [0.25, 0.3) is 0 Å². The highest BCUT2D eigenvalue weighted by Crippen LogP contribution is 2.52. The molecule has 1 saturated heterocycles. The van der Waals surface area contributed by atoms with Gasteiger partial charge in [0.1, 0.15) is 5.82 Å². The Morgan fingerprint density at radius 3 is 3.00 bits per heavy atom. The van der Waals surface area contributed by atoms with E-state index in [1.54, 1.807) is 0 Å². The predicted octanol–water partition coefficient (Wildman–Crippen LogP) is 2.27. The molecule has 4 atom stereocenters. The first-order valence-electron chi connectivity index (χ1n) is 8.54. The smallest absolute Gasteiger partial charge is 0.244 e. The van der Waals surface area contributed by atoms with Crippen molar-refractivity contribution in [3.63, 3.8) is 0 Å². The van der Waals surface area contributed by atoms with Gasteiger partial charge in [-0.15, -0.1) is 5.10 Å². The largest absolute Gasteiger partial charge is 0.339 e. The first-order chi connectivity index (χ1) is 10.2. The van der Waals surface area contributed by atoms with Crippen LogP contribution in [0.4, 0.5) is 5.95 Å². The molecule has 1 aromatic heterocycles. The maximum atomic E-state index is 5.95. The van der Waals surface area contributed by atoms with Crippen molar-refractivity contribution in [1.82, 2.24) is 15.2 Å². The Morgan fingerprint density at radius 2 is 2.29 bits per heavy atom. The van der Waals surface area contributed by atoms with Crippen LogP contribution in [0.5, 0.6) is 0 Å². The number of nitrogens with two attached hydrogens (primary N) is 1. The van der Waals surface area contributed by atoms with Crippen molar-refractivity contribution in [2.24, 2.45) is 23.0 Å². The molecule has 5 heteroatoms. The second-order valence-electron chi connectivity index (χ2n) is 7.84. The van der Waals surface area contributed by atoms with Crippen molar-refractivity contribution >= 4 is 5.95 Å². The maximum Gasteiger partial charge on any atom is 0.244 e. The fourth-order valence-corrected chi connectivity index (χ4v) is 4.80. The highest BCUT2D eigenvalue weighted by Gasteiger charge is 2.42. The second-order valence-corrected chi connectivity index (χ2v) is 7.84. The lowest BCUT2D eigenvalue weighted by molar-refractivity contribution is 0.270. The Kier molecular flexibility index (Phi) is 3.21. The van der Waals surface area contributed by atoms with Gasteiger partial charge in [0, 0.05) is 19.0 Å². The summed E-state index contributed by atoms with van der Waals surface area (Å²) in [4.78, 5) is 7.18. The Balaban J connectivity index is 1.49. The summed E-state index contributed by atoms with van der Waals surface area (Å²) in [6.07, 6.45) is 7.95. The zero-order chi connectivity index (χ0) is 14.4. The van der Waals surface area contributed by atoms with E-state index >= 15 is 0 Å². The first-order valence-corrected chi connectivity index (χ1v) is 8.54. The predicted molar refractivity (Wildman–Crippen MR) is 83.2 cm³/mol. The van der Waals surface area contributed by atoms with Crippen LogP contribution in [-0.4, -0.2) is 34.8 Å². The fraction of sp³-hybridized carbons (Fsp3) is 0.875. The van der Waals surface area contributed by atoms with Gasteiger partial charge in [-0.1, -0.05) is 13.3 Å². The lowest BCUT2D eigenvalue weighted by Gasteiger charge is -2.39. The van der Waals surface area contributed by atoms with Gasteiger partial charge in [0.05, 0.1) is 0 Å². The Hall–Kier alpha value is -1.10. The molecule has 0 aromatic carbocycles. The molecular weight excluding hydrogens is 262 g/mol. The molecule has 1 aromatic rings. The van der Waals surface area contributed by atoms with Gasteiger partial charge in [0.2, 0.25) is 5.95 Å². The highest BCUT2D eigenvalue weighted by atomic mass is 15.4. The number of piperidine rings is 1. The van der Waals surface area contributed by atoms with Crippen LogP contribution in [0.1, 0.15) is 57.2 Å². The van der Waals surface area contributed by atoms with Gasteiger partial charge in [-0.25, -0.2) is 0 Å². The molecule has 3 aliphatic rings. The van der Waals surface area contributed by atoms with Crippen molar-refractivity contribution < 1.29 is 0 Å². The molecule has 0 amide bonds. The van der Waals surface area contributed by atoms with Crippen molar-refractivity contribution in [3.05, 3.63) is 5.82 Å². The van der Waals surface area contributed by atoms with E-state index in [0.717, 1.165) is 43.2 Å². The molecule has 2 bridgehead atoms. The van der Waals surface area contributed by atoms with E-state index in [4.69, 9.17) is 10.7 Å². The summed E-state index contributed by atoms with van der Waals surface area (Å²) in [5, 5.41) is 7.76. The van der Waals surface area contributed by atoms with Crippen molar-refractivity contribution in [1.29, 1.82) is 0 Å². The van der Waals surface area contributed by atoms with Gasteiger partial charge < -0.3 is 10.6 Å². The van der Waals surface area contributed by atoms with Crippen molar-refractivity contribution in [2.75, 3.05) is 24.5 Å². The quantitative estimate of drug-likeness (QED) is 0.895. The molecule has 3 fully saturated rings. The van der Waals surface area contributed by atoms with Crippen LogP contribution in [0.3, 0.4) is 0 Å². The Morgan fingerprint density at radius 1 is 1.38 bits per heavy atom. The van der Waals surface area contributed by atoms with E-state index in [1.165, 1.54) is 38.5 Å². The first kappa shape index (κ1) is 13.6. The second kappa shape index (κ2) is 4.97. The monoisotopic (exact) mass is 289 g/mol. The van der Waals surface area contributed by atoms with E-state index in [-0.39, 0.29) is 5.41 Å². The molecule has 0 spiro atoms. The molecule has 2 saturated carbocycles. The Labute approximate surface area is 126 Å². The SMILES string of the molecule is CC1(CN)CCCN(c2n[nH]c(C3CC4CCC3C4)n2)C1. The molecule has 5 nitrogen and oxygen atoms in total. The zero-order valence-electron chi connectivity index (χ0n) is 13.0. The van der Waals surface area contributed by atoms with Gasteiger partial charge in [0.15, 0.2) is 0 Å². The number of fused-ring (bicyclic) bond motifs is 2. The lowest BCUT2D eigenvalue weighted by atomic mass is 9.82. The normalized spacial score (nSPS) is 39.1. The molecule has 2 aliphatic carbocycles. The van der Waals surface area contributed by atoms with Crippen molar-refractivity contribution in [2.45, 2.75) is 51.4 Å². The summed E-state index contributed by atoms with van der Waals surface area (Å²) < 4.78 is 0. The van der Waals surface area contributed by atoms with E-state index in [2.05, 4.69) is 22.0 Å². The van der Waals surface area contributed by atoms with Gasteiger partial charge >= 0.3 is 0 Å². The third-order valence-electron chi connectivity index (χ3n) is 6.14. The minimum Gasteiger partial charge on any atom is -0.339 e. The van der Waals surface area contributed by atoms with Crippen LogP contribution in [0, 0.1) is 17.3 Å². The number of nitrogens with zero attached hydrogens (tertiary/aromatic N) is 3. The molecule has 2 heterocycles. The molecule has 3 N–H and O–H groups in total. The molecule has 4 unspecified atom stereocenters. The summed E-state index contributed by atoms with van der Waals surface area (Å²) in [6, 6.07) is 0. The number of hydrogen-bond donors (Lipinski definition) is 2. The van der Waals surface area contributed by atoms with E-state index in [9.17, 15) is 0 Å². The number of aromatic amines is 1. The number of H-pyrrole nitrogens is 1. The lowest BCUT2D eigenvalue weighted by Crippen LogP contribution is -2.46. The van der Waals surface area contributed by atoms with Crippen LogP contribution >= 0.6 is 0 Å². The third-order valence-corrected chi connectivity index (χ3v) is 6.14. The third kappa shape index (κ3) is 2.35. The highest BCUT2D eigenvalue weighted by molar-refractivity contribution is 5.31. The fourth-order valence-electron chi connectivity index (χ4n) is 4.80. The van der Waals surface area contributed by atoms with Gasteiger partial charge in [-0.05, 0) is 55.9 Å². The summed E-state index contributed by atoms with van der Waals surface area (Å²) in [7, 11) is 0. The maximum absolute atomic E-state index is 5.95. The van der Waals surface area contributed by atoms with Crippen LogP contribution in [0.15, 0.2) is 0 Å². The van der Waals surface area contributed by atoms with Gasteiger partial charge in [0.25, 0.3) is 0 Å². The number of aromatic nitrogens is 3. The molecule has 21 heavy (non-hydrogen) atoms. The van der Waals surface area contributed by atoms with Crippen LogP contribution < -0.4 is 10.6 Å². The molecule has 4 rings (SSSR count). The standard InChI is InChI=1S/C16H27N5/c1-16(9-17)5-2-6-21(10-16)15-18-14(19-20-15)13-8-11-3-4-12(13)7-11/h11-13H,2-10,17H2,1H3,(H,18,19,20). The van der Waals surface area contributed by atoms with Crippen LogP contribution in [0.2, 0.25) is 0 Å². The van der Waals surface area contributed by atoms with Gasteiger partial charge in [-0.2, -0.15) is 4.98 Å². The van der Waals surface area contributed by atoms with Crippen LogP contribution in [-0.2, 0) is 0 Å². The molecular formula is C16H27N5. The summed E-state index contributed by atoms with van der Waals surface area (Å²) in [5.41, 5.74) is 6.16. The molecule has 0 radical (unpaired) electrons. The van der Waals surface area contributed by atoms with E-state index in [1.807, 2.05) is 0 Å². The number of hydrogen-bond acceptors (Lipinski definition) is 4. The zero-order valence-corrected chi connectivity index (χ0v) is 13.0. The number of anilines is 1. The summed E-state index contributed by atoms with van der Waals surface area (Å²) in [6.45, 7) is 5.07. The number of nitrogens with one attached hydrogen (secondary N) is 1.